The predicted molar refractivity (Wildman–Crippen MR) is 123 cm³/mol. The van der Waals surface area contributed by atoms with Gasteiger partial charge in [-0.25, -0.2) is 0 Å². The van der Waals surface area contributed by atoms with Crippen LogP contribution in [0.3, 0.4) is 0 Å². The summed E-state index contributed by atoms with van der Waals surface area (Å²) in [6.07, 6.45) is 2.42. The lowest BCUT2D eigenvalue weighted by Gasteiger charge is -2.33. The molecule has 0 atom stereocenters. The molecule has 1 aliphatic rings. The molecule has 0 N–H and O–H groups in total. The highest BCUT2D eigenvalue weighted by Crippen LogP contribution is 2.41. The Morgan fingerprint density at radius 1 is 1.17 bits per heavy atom. The van der Waals surface area contributed by atoms with Gasteiger partial charge in [0.05, 0.1) is 19.6 Å². The van der Waals surface area contributed by atoms with Gasteiger partial charge in [-0.2, -0.15) is 0 Å². The van der Waals surface area contributed by atoms with Gasteiger partial charge in [0, 0.05) is 21.6 Å². The molecule has 0 fully saturated rings. The number of thioether (sulfide) groups is 1. The Hall–Kier alpha value is -2.38. The molecule has 0 spiro atoms. The van der Waals surface area contributed by atoms with Crippen LogP contribution in [0.25, 0.3) is 0 Å². The number of hydrogen-bond donors (Lipinski definition) is 0. The maximum Gasteiger partial charge on any atom is 0.310 e. The molecule has 30 heavy (non-hydrogen) atoms. The van der Waals surface area contributed by atoms with E-state index in [1.54, 1.807) is 0 Å². The molecule has 0 saturated heterocycles. The van der Waals surface area contributed by atoms with Crippen molar-refractivity contribution in [1.29, 1.82) is 0 Å². The average Bonchev–Trinajstić information content (AvgIpc) is 2.71. The number of fused-ring (bicyclic) bond motifs is 1. The molecule has 2 aromatic rings. The van der Waals surface area contributed by atoms with Gasteiger partial charge in [-0.15, -0.1) is 11.8 Å². The van der Waals surface area contributed by atoms with Crippen molar-refractivity contribution in [3.05, 3.63) is 58.7 Å². The summed E-state index contributed by atoms with van der Waals surface area (Å²) in [5.41, 5.74) is 4.26. The minimum absolute atomic E-state index is 0.0900. The Bertz CT molecular complexity index is 949. The number of rotatable bonds is 6. The van der Waals surface area contributed by atoms with E-state index in [9.17, 15) is 4.79 Å². The summed E-state index contributed by atoms with van der Waals surface area (Å²) in [5, 5.41) is 0. The van der Waals surface area contributed by atoms with Gasteiger partial charge < -0.3 is 9.47 Å². The van der Waals surface area contributed by atoms with E-state index < -0.39 is 0 Å². The molecule has 1 heterocycles. The van der Waals surface area contributed by atoms with Crippen molar-refractivity contribution in [1.82, 2.24) is 0 Å². The summed E-state index contributed by atoms with van der Waals surface area (Å²) in [4.78, 5) is 12.8. The van der Waals surface area contributed by atoms with Crippen molar-refractivity contribution in [2.75, 3.05) is 19.0 Å². The van der Waals surface area contributed by atoms with E-state index in [0.29, 0.717) is 13.0 Å². The van der Waals surface area contributed by atoms with E-state index >= 15 is 0 Å². The van der Waals surface area contributed by atoms with E-state index in [1.807, 2.05) is 43.0 Å². The predicted octanol–water partition coefficient (Wildman–Crippen LogP) is 5.75. The van der Waals surface area contributed by atoms with Crippen molar-refractivity contribution >= 4 is 17.7 Å². The number of hydrogen-bond acceptors (Lipinski definition) is 4. The van der Waals surface area contributed by atoms with E-state index in [2.05, 4.69) is 44.7 Å². The van der Waals surface area contributed by atoms with E-state index in [4.69, 9.17) is 9.47 Å². The first-order chi connectivity index (χ1) is 14.4. The molecule has 1 aliphatic heterocycles. The van der Waals surface area contributed by atoms with Gasteiger partial charge in [0.25, 0.3) is 0 Å². The first kappa shape index (κ1) is 22.3. The molecule has 158 valence electrons. The SMILES string of the molecule is CCCSc1cc2c(cc1C#Cc1ccc(CC(=O)OCC)cc1)C(C)(C)CCO2. The summed E-state index contributed by atoms with van der Waals surface area (Å²) in [7, 11) is 0. The normalized spacial score (nSPS) is 14.1. The van der Waals surface area contributed by atoms with Crippen LogP contribution < -0.4 is 4.74 Å². The number of esters is 1. The van der Waals surface area contributed by atoms with Crippen LogP contribution in [0.15, 0.2) is 41.3 Å². The summed E-state index contributed by atoms with van der Waals surface area (Å²) in [5.74, 6) is 8.54. The molecule has 4 heteroatoms. The highest BCUT2D eigenvalue weighted by atomic mass is 32.2. The van der Waals surface area contributed by atoms with E-state index in [1.165, 1.54) is 10.5 Å². The molecule has 0 bridgehead atoms. The minimum Gasteiger partial charge on any atom is -0.493 e. The third-order valence-corrected chi connectivity index (χ3v) is 6.47. The highest BCUT2D eigenvalue weighted by molar-refractivity contribution is 7.99. The minimum atomic E-state index is -0.201. The molecule has 3 nitrogen and oxygen atoms in total. The van der Waals surface area contributed by atoms with E-state index in [0.717, 1.165) is 47.6 Å². The Morgan fingerprint density at radius 3 is 2.63 bits per heavy atom. The first-order valence-corrected chi connectivity index (χ1v) is 11.6. The fourth-order valence-electron chi connectivity index (χ4n) is 3.41. The molecule has 0 aliphatic carbocycles. The van der Waals surface area contributed by atoms with Crippen molar-refractivity contribution in [3.8, 4) is 17.6 Å². The van der Waals surface area contributed by atoms with Gasteiger partial charge in [-0.05, 0) is 60.8 Å². The Kier molecular flexibility index (Phi) is 7.50. The molecule has 0 radical (unpaired) electrons. The first-order valence-electron chi connectivity index (χ1n) is 10.6. The van der Waals surface area contributed by atoms with Crippen LogP contribution in [0, 0.1) is 11.8 Å². The summed E-state index contributed by atoms with van der Waals surface area (Å²) in [6, 6.07) is 12.2. The van der Waals surface area contributed by atoms with Crippen molar-refractivity contribution < 1.29 is 14.3 Å². The Labute approximate surface area is 184 Å². The van der Waals surface area contributed by atoms with Gasteiger partial charge in [0.1, 0.15) is 5.75 Å². The quantitative estimate of drug-likeness (QED) is 0.337. The second kappa shape index (κ2) is 10.1. The standard InChI is InChI=1S/C26H30O3S/c1-5-15-30-24-18-23-22(26(3,4)13-14-29-23)17-21(24)12-11-19-7-9-20(10-8-19)16-25(27)28-6-2/h7-10,17-18H,5-6,13-16H2,1-4H3. The van der Waals surface area contributed by atoms with Crippen molar-refractivity contribution in [2.24, 2.45) is 0 Å². The third-order valence-electron chi connectivity index (χ3n) is 5.21. The zero-order valence-electron chi connectivity index (χ0n) is 18.3. The Morgan fingerprint density at radius 2 is 1.93 bits per heavy atom. The lowest BCUT2D eigenvalue weighted by Crippen LogP contribution is -2.26. The largest absolute Gasteiger partial charge is 0.493 e. The van der Waals surface area contributed by atoms with Gasteiger partial charge in [0.15, 0.2) is 0 Å². The molecule has 3 rings (SSSR count). The molecule has 0 amide bonds. The highest BCUT2D eigenvalue weighted by Gasteiger charge is 2.29. The van der Waals surface area contributed by atoms with Crippen LogP contribution in [0.4, 0.5) is 0 Å². The van der Waals surface area contributed by atoms with Crippen LogP contribution in [-0.2, 0) is 21.4 Å². The summed E-state index contributed by atoms with van der Waals surface area (Å²) >= 11 is 1.84. The van der Waals surface area contributed by atoms with Gasteiger partial charge in [-0.3, -0.25) is 4.79 Å². The van der Waals surface area contributed by atoms with Gasteiger partial charge >= 0.3 is 5.97 Å². The smallest absolute Gasteiger partial charge is 0.310 e. The van der Waals surface area contributed by atoms with Crippen LogP contribution in [0.1, 0.15) is 62.8 Å². The topological polar surface area (TPSA) is 35.5 Å². The lowest BCUT2D eigenvalue weighted by atomic mass is 9.79. The van der Waals surface area contributed by atoms with Crippen LogP contribution in [0.2, 0.25) is 0 Å². The number of ether oxygens (including phenoxy) is 2. The number of benzene rings is 2. The average molecular weight is 423 g/mol. The molecule has 2 aromatic carbocycles. The molecular formula is C26H30O3S. The molecule has 0 unspecified atom stereocenters. The summed E-state index contributed by atoms with van der Waals surface area (Å²) < 4.78 is 11.0. The monoisotopic (exact) mass is 422 g/mol. The zero-order chi connectivity index (χ0) is 21.6. The molecule has 0 saturated carbocycles. The zero-order valence-corrected chi connectivity index (χ0v) is 19.2. The fraction of sp³-hybridized carbons (Fsp3) is 0.423. The second-order valence-corrected chi connectivity index (χ2v) is 9.24. The van der Waals surface area contributed by atoms with Crippen molar-refractivity contribution in [3.63, 3.8) is 0 Å². The number of carbonyl (C=O) groups excluding carboxylic acids is 1. The summed E-state index contributed by atoms with van der Waals surface area (Å²) in [6.45, 7) is 9.72. The van der Waals surface area contributed by atoms with Gasteiger partial charge in [-0.1, -0.05) is 44.7 Å². The third kappa shape index (κ3) is 5.61. The number of carbonyl (C=O) groups is 1. The Balaban J connectivity index is 1.87. The van der Waals surface area contributed by atoms with Crippen LogP contribution in [-0.4, -0.2) is 24.9 Å². The van der Waals surface area contributed by atoms with Crippen LogP contribution >= 0.6 is 11.8 Å². The fourth-order valence-corrected chi connectivity index (χ4v) is 4.29. The van der Waals surface area contributed by atoms with Crippen LogP contribution in [0.5, 0.6) is 5.75 Å². The maximum absolute atomic E-state index is 11.6. The van der Waals surface area contributed by atoms with Gasteiger partial charge in [0.2, 0.25) is 0 Å². The van der Waals surface area contributed by atoms with E-state index in [-0.39, 0.29) is 11.4 Å². The maximum atomic E-state index is 11.6. The molecule has 0 aromatic heterocycles. The van der Waals surface area contributed by atoms with Crippen molar-refractivity contribution in [2.45, 2.75) is 57.3 Å². The molecular weight excluding hydrogens is 392 g/mol. The second-order valence-electron chi connectivity index (χ2n) is 8.10. The lowest BCUT2D eigenvalue weighted by molar-refractivity contribution is -0.142.